The van der Waals surface area contributed by atoms with Gasteiger partial charge in [-0.3, -0.25) is 4.79 Å². The van der Waals surface area contributed by atoms with Crippen LogP contribution in [0.1, 0.15) is 37.2 Å². The second-order valence-electron chi connectivity index (χ2n) is 6.94. The van der Waals surface area contributed by atoms with Gasteiger partial charge in [-0.25, -0.2) is 9.37 Å². The molecule has 0 radical (unpaired) electrons. The molecule has 1 aliphatic carbocycles. The van der Waals surface area contributed by atoms with Crippen LogP contribution in [0.25, 0.3) is 0 Å². The molecule has 1 amide bonds. The summed E-state index contributed by atoms with van der Waals surface area (Å²) in [7, 11) is 0. The molecule has 2 fully saturated rings. The van der Waals surface area contributed by atoms with Crippen molar-refractivity contribution in [3.63, 3.8) is 0 Å². The molecular weight excluding hydrogens is 317 g/mol. The van der Waals surface area contributed by atoms with Gasteiger partial charge in [-0.15, -0.1) is 0 Å². The third-order valence-corrected chi connectivity index (χ3v) is 5.12. The maximum absolute atomic E-state index is 13.3. The Morgan fingerprint density at radius 3 is 2.72 bits per heavy atom. The molecule has 2 unspecified atom stereocenters. The van der Waals surface area contributed by atoms with Crippen LogP contribution in [0.5, 0.6) is 0 Å². The number of hydrogen-bond acceptors (Lipinski definition) is 3. The molecule has 2 atom stereocenters. The Labute approximate surface area is 147 Å². The first-order valence-electron chi connectivity index (χ1n) is 8.98. The van der Waals surface area contributed by atoms with Crippen molar-refractivity contribution in [3.05, 3.63) is 54.0 Å². The summed E-state index contributed by atoms with van der Waals surface area (Å²) in [6.07, 6.45) is 6.34. The van der Waals surface area contributed by atoms with E-state index in [0.29, 0.717) is 5.82 Å². The van der Waals surface area contributed by atoms with E-state index < -0.39 is 0 Å². The topological polar surface area (TPSA) is 45.2 Å². The molecule has 1 N–H and O–H groups in total. The second-order valence-corrected chi connectivity index (χ2v) is 6.94. The molecule has 2 aromatic rings. The summed E-state index contributed by atoms with van der Waals surface area (Å²) in [6, 6.07) is 10.4. The summed E-state index contributed by atoms with van der Waals surface area (Å²) in [5.74, 6) is 0.315. The van der Waals surface area contributed by atoms with Crippen LogP contribution in [-0.4, -0.2) is 24.0 Å². The second kappa shape index (κ2) is 6.82. The zero-order valence-electron chi connectivity index (χ0n) is 14.1. The molecular formula is C20H22FN3O. The van der Waals surface area contributed by atoms with Crippen molar-refractivity contribution >= 4 is 17.4 Å². The monoisotopic (exact) mass is 339 g/mol. The van der Waals surface area contributed by atoms with Gasteiger partial charge in [0.2, 0.25) is 5.91 Å². The maximum Gasteiger partial charge on any atom is 0.229 e. The van der Waals surface area contributed by atoms with Crippen LogP contribution in [0.15, 0.2) is 42.6 Å². The number of anilines is 2. The van der Waals surface area contributed by atoms with Crippen LogP contribution in [0.2, 0.25) is 0 Å². The van der Waals surface area contributed by atoms with Crippen molar-refractivity contribution in [1.29, 1.82) is 0 Å². The maximum atomic E-state index is 13.3. The Hall–Kier alpha value is -2.43. The number of piperidine rings is 1. The Morgan fingerprint density at radius 2 is 2.00 bits per heavy atom. The van der Waals surface area contributed by atoms with Crippen LogP contribution in [-0.2, 0) is 4.79 Å². The summed E-state index contributed by atoms with van der Waals surface area (Å²) in [6.45, 7) is 2.15. The van der Waals surface area contributed by atoms with Gasteiger partial charge in [-0.1, -0.05) is 12.1 Å². The first kappa shape index (κ1) is 16.1. The van der Waals surface area contributed by atoms with Gasteiger partial charge in [-0.05, 0) is 61.4 Å². The first-order chi connectivity index (χ1) is 12.2. The van der Waals surface area contributed by atoms with E-state index in [1.165, 1.54) is 31.4 Å². The van der Waals surface area contributed by atoms with Crippen molar-refractivity contribution < 1.29 is 9.18 Å². The summed E-state index contributed by atoms with van der Waals surface area (Å²) in [4.78, 5) is 19.1. The highest BCUT2D eigenvalue weighted by atomic mass is 19.1. The molecule has 1 aromatic carbocycles. The zero-order valence-corrected chi connectivity index (χ0v) is 14.1. The highest BCUT2D eigenvalue weighted by molar-refractivity contribution is 5.94. The highest BCUT2D eigenvalue weighted by Gasteiger charge is 2.44. The molecule has 0 bridgehead atoms. The number of amides is 1. The number of carbonyl (C=O) groups is 1. The van der Waals surface area contributed by atoms with E-state index >= 15 is 0 Å². The summed E-state index contributed by atoms with van der Waals surface area (Å²) < 4.78 is 13.3. The Balaban J connectivity index is 1.35. The van der Waals surface area contributed by atoms with E-state index in [1.54, 1.807) is 6.07 Å². The van der Waals surface area contributed by atoms with E-state index in [9.17, 15) is 9.18 Å². The molecule has 5 heteroatoms. The fourth-order valence-electron chi connectivity index (χ4n) is 3.61. The minimum atomic E-state index is -0.251. The van der Waals surface area contributed by atoms with Crippen molar-refractivity contribution in [2.24, 2.45) is 5.92 Å². The summed E-state index contributed by atoms with van der Waals surface area (Å²) >= 11 is 0. The van der Waals surface area contributed by atoms with Gasteiger partial charge in [0.15, 0.2) is 0 Å². The summed E-state index contributed by atoms with van der Waals surface area (Å²) in [5.41, 5.74) is 2.01. The van der Waals surface area contributed by atoms with Crippen molar-refractivity contribution in [2.75, 3.05) is 23.3 Å². The quantitative estimate of drug-likeness (QED) is 0.917. The minimum absolute atomic E-state index is 0.0347. The van der Waals surface area contributed by atoms with Crippen LogP contribution in [0.3, 0.4) is 0 Å². The van der Waals surface area contributed by atoms with Gasteiger partial charge in [-0.2, -0.15) is 0 Å². The first-order valence-corrected chi connectivity index (χ1v) is 8.98. The lowest BCUT2D eigenvalue weighted by molar-refractivity contribution is -0.117. The van der Waals surface area contributed by atoms with Gasteiger partial charge in [0, 0.05) is 19.0 Å². The molecule has 1 saturated carbocycles. The fourth-order valence-corrected chi connectivity index (χ4v) is 3.61. The molecule has 2 heterocycles. The van der Waals surface area contributed by atoms with E-state index in [2.05, 4.69) is 15.2 Å². The number of nitrogens with one attached hydrogen (secondary N) is 1. The summed E-state index contributed by atoms with van der Waals surface area (Å²) in [5, 5.41) is 2.89. The number of aromatic nitrogens is 1. The molecule has 4 nitrogen and oxygen atoms in total. The highest BCUT2D eigenvalue weighted by Crippen LogP contribution is 2.48. The van der Waals surface area contributed by atoms with E-state index in [4.69, 9.17) is 0 Å². The normalized spacial score (nSPS) is 22.5. The lowest BCUT2D eigenvalue weighted by atomic mass is 10.1. The largest absolute Gasteiger partial charge is 0.370 e. The van der Waals surface area contributed by atoms with Gasteiger partial charge >= 0.3 is 0 Å². The van der Waals surface area contributed by atoms with Crippen LogP contribution >= 0.6 is 0 Å². The lowest BCUT2D eigenvalue weighted by Crippen LogP contribution is -2.29. The van der Waals surface area contributed by atoms with Crippen molar-refractivity contribution in [1.82, 2.24) is 4.98 Å². The molecule has 2 aliphatic rings. The van der Waals surface area contributed by atoms with Crippen LogP contribution < -0.4 is 10.2 Å². The minimum Gasteiger partial charge on any atom is -0.370 e. The third-order valence-electron chi connectivity index (χ3n) is 5.12. The van der Waals surface area contributed by atoms with Gasteiger partial charge in [0.1, 0.15) is 11.6 Å². The van der Waals surface area contributed by atoms with E-state index in [-0.39, 0.29) is 23.6 Å². The number of carbonyl (C=O) groups excluding carboxylic acids is 1. The molecule has 1 saturated heterocycles. The standard InChI is InChI=1S/C20H22FN3O/c21-15-6-4-5-14(11-15)17-12-18(17)20(25)23-19-8-7-16(13-22-19)24-9-2-1-3-10-24/h4-8,11,13,17-18H,1-3,9-10,12H2,(H,22,23,25). The SMILES string of the molecule is O=C(Nc1ccc(N2CCCCC2)cn1)C1CC1c1cccc(F)c1. The van der Waals surface area contributed by atoms with Gasteiger partial charge in [0.25, 0.3) is 0 Å². The Bertz CT molecular complexity index is 756. The Morgan fingerprint density at radius 1 is 1.16 bits per heavy atom. The lowest BCUT2D eigenvalue weighted by Gasteiger charge is -2.28. The molecule has 4 rings (SSSR count). The number of pyridine rings is 1. The zero-order chi connectivity index (χ0) is 17.2. The number of rotatable bonds is 4. The Kier molecular flexibility index (Phi) is 4.38. The number of nitrogens with zero attached hydrogens (tertiary/aromatic N) is 2. The fraction of sp³-hybridized carbons (Fsp3) is 0.400. The average molecular weight is 339 g/mol. The molecule has 0 spiro atoms. The number of hydrogen-bond donors (Lipinski definition) is 1. The molecule has 130 valence electrons. The van der Waals surface area contributed by atoms with Crippen molar-refractivity contribution in [2.45, 2.75) is 31.6 Å². The molecule has 1 aliphatic heterocycles. The van der Waals surface area contributed by atoms with Crippen LogP contribution in [0, 0.1) is 11.7 Å². The van der Waals surface area contributed by atoms with Crippen LogP contribution in [0.4, 0.5) is 15.9 Å². The molecule has 25 heavy (non-hydrogen) atoms. The number of benzene rings is 1. The predicted octanol–water partition coefficient (Wildman–Crippen LogP) is 3.95. The predicted molar refractivity (Wildman–Crippen MR) is 96.2 cm³/mol. The van der Waals surface area contributed by atoms with Crippen molar-refractivity contribution in [3.8, 4) is 0 Å². The van der Waals surface area contributed by atoms with E-state index in [1.807, 2.05) is 24.4 Å². The van der Waals surface area contributed by atoms with Gasteiger partial charge < -0.3 is 10.2 Å². The molecule has 1 aromatic heterocycles. The third kappa shape index (κ3) is 3.65. The van der Waals surface area contributed by atoms with E-state index in [0.717, 1.165) is 30.8 Å². The number of halogens is 1. The smallest absolute Gasteiger partial charge is 0.229 e. The van der Waals surface area contributed by atoms with Gasteiger partial charge in [0.05, 0.1) is 11.9 Å². The average Bonchev–Trinajstić information content (AvgIpc) is 3.44.